The molecule has 1 saturated carbocycles. The van der Waals surface area contributed by atoms with Crippen LogP contribution in [0, 0.1) is 0 Å². The third kappa shape index (κ3) is 2.35. The zero-order valence-electron chi connectivity index (χ0n) is 6.32. The second-order valence-corrected chi connectivity index (χ2v) is 2.98. The van der Waals surface area contributed by atoms with E-state index in [4.69, 9.17) is 0 Å². The highest BCUT2D eigenvalue weighted by Crippen LogP contribution is 2.16. The van der Waals surface area contributed by atoms with Gasteiger partial charge in [0.1, 0.15) is 0 Å². The molecule has 0 aromatic carbocycles. The lowest BCUT2D eigenvalue weighted by Gasteiger charge is -2.10. The fourth-order valence-electron chi connectivity index (χ4n) is 1.57. The van der Waals surface area contributed by atoms with E-state index in [2.05, 4.69) is 12.4 Å². The summed E-state index contributed by atoms with van der Waals surface area (Å²) in [6, 6.07) is 0.826. The molecule has 1 rings (SSSR count). The van der Waals surface area contributed by atoms with Gasteiger partial charge in [-0.2, -0.15) is 0 Å². The van der Waals surface area contributed by atoms with Crippen molar-refractivity contribution >= 4 is 0 Å². The van der Waals surface area contributed by atoms with Gasteiger partial charge in [0, 0.05) is 7.47 Å². The van der Waals surface area contributed by atoms with Gasteiger partial charge in [-0.3, -0.25) is 0 Å². The Hall–Kier alpha value is -0.0400. The van der Waals surface area contributed by atoms with Crippen molar-refractivity contribution in [3.8, 4) is 0 Å². The van der Waals surface area contributed by atoms with Crippen molar-refractivity contribution in [2.75, 3.05) is 7.05 Å². The maximum atomic E-state index is 3.34. The first-order valence-electron chi connectivity index (χ1n) is 4.11. The third-order valence-electron chi connectivity index (χ3n) is 2.26. The molecule has 0 bridgehead atoms. The molecule has 0 aromatic heterocycles. The molecular formula is C8H19N. The van der Waals surface area contributed by atoms with E-state index in [0.717, 1.165) is 6.04 Å². The van der Waals surface area contributed by atoms with Crippen LogP contribution in [0.25, 0.3) is 0 Å². The Morgan fingerprint density at radius 3 is 2.11 bits per heavy atom. The van der Waals surface area contributed by atoms with Crippen LogP contribution in [0.15, 0.2) is 0 Å². The maximum Gasteiger partial charge on any atom is 0.00640 e. The molecule has 0 saturated heterocycles. The first-order chi connectivity index (χ1) is 4.43. The summed E-state index contributed by atoms with van der Waals surface area (Å²) >= 11 is 0. The average molecular weight is 129 g/mol. The maximum absolute atomic E-state index is 3.34. The summed E-state index contributed by atoms with van der Waals surface area (Å²) < 4.78 is 0. The number of nitrogens with one attached hydrogen (secondary N) is 1. The molecule has 0 aliphatic heterocycles. The Labute approximate surface area is 59.3 Å². The Morgan fingerprint density at radius 1 is 1.11 bits per heavy atom. The molecule has 1 heteroatoms. The molecule has 9 heavy (non-hydrogen) atoms. The molecule has 1 fully saturated rings. The van der Waals surface area contributed by atoms with Gasteiger partial charge in [-0.25, -0.2) is 0 Å². The van der Waals surface area contributed by atoms with E-state index in [1.54, 1.807) is 0 Å². The Kier molecular flexibility index (Phi) is 3.05. The van der Waals surface area contributed by atoms with Crippen LogP contribution in [-0.4, -0.2) is 13.1 Å². The van der Waals surface area contributed by atoms with Gasteiger partial charge in [0.2, 0.25) is 0 Å². The summed E-state index contributed by atoms with van der Waals surface area (Å²) in [6.45, 7) is 0. The van der Waals surface area contributed by atoms with Crippen LogP contribution in [0.1, 0.15) is 40.0 Å². The monoisotopic (exact) mass is 129 g/mol. The van der Waals surface area contributed by atoms with Gasteiger partial charge in [0.05, 0.1) is 0 Å². The van der Waals surface area contributed by atoms with Crippen LogP contribution in [0.5, 0.6) is 0 Å². The van der Waals surface area contributed by atoms with Crippen LogP contribution in [0.4, 0.5) is 0 Å². The molecule has 1 N–H and O–H groups in total. The molecule has 1 aliphatic carbocycles. The summed E-state index contributed by atoms with van der Waals surface area (Å²) in [5.41, 5.74) is 0. The van der Waals surface area contributed by atoms with Gasteiger partial charge in [0.25, 0.3) is 0 Å². The van der Waals surface area contributed by atoms with Crippen LogP contribution in [0.3, 0.4) is 0 Å². The van der Waals surface area contributed by atoms with Crippen LogP contribution in [-0.2, 0) is 0 Å². The van der Waals surface area contributed by atoms with Crippen molar-refractivity contribution in [2.45, 2.75) is 44.6 Å². The van der Waals surface area contributed by atoms with Crippen LogP contribution in [0.2, 0.25) is 0 Å². The molecule has 0 unspecified atom stereocenters. The van der Waals surface area contributed by atoms with Gasteiger partial charge in [-0.1, -0.05) is 25.7 Å². The van der Waals surface area contributed by atoms with Crippen molar-refractivity contribution in [2.24, 2.45) is 0 Å². The summed E-state index contributed by atoms with van der Waals surface area (Å²) in [7, 11) is 2.08. The van der Waals surface area contributed by atoms with E-state index < -0.39 is 0 Å². The van der Waals surface area contributed by atoms with Gasteiger partial charge in [0.15, 0.2) is 0 Å². The summed E-state index contributed by atoms with van der Waals surface area (Å²) in [5.74, 6) is 0. The molecule has 0 radical (unpaired) electrons. The van der Waals surface area contributed by atoms with E-state index in [9.17, 15) is 0 Å². The zero-order valence-corrected chi connectivity index (χ0v) is 6.32. The molecule has 0 atom stereocenters. The summed E-state index contributed by atoms with van der Waals surface area (Å²) in [6.07, 6.45) is 8.58. The molecule has 0 spiro atoms. The highest BCUT2D eigenvalue weighted by Gasteiger charge is 2.08. The van der Waals surface area contributed by atoms with Crippen molar-refractivity contribution in [3.63, 3.8) is 0 Å². The predicted molar refractivity (Wildman–Crippen MR) is 42.7 cm³/mol. The topological polar surface area (TPSA) is 12.0 Å². The lowest BCUT2D eigenvalue weighted by Crippen LogP contribution is -2.23. The summed E-state index contributed by atoms with van der Waals surface area (Å²) in [4.78, 5) is 0. The minimum absolute atomic E-state index is 0. The summed E-state index contributed by atoms with van der Waals surface area (Å²) in [5, 5.41) is 3.34. The number of rotatable bonds is 1. The minimum Gasteiger partial charge on any atom is -0.317 e. The van der Waals surface area contributed by atoms with Gasteiger partial charge in [-0.15, -0.1) is 0 Å². The lowest BCUT2D eigenvalue weighted by atomic mass is 10.1. The highest BCUT2D eigenvalue weighted by molar-refractivity contribution is 4.67. The molecule has 1 nitrogen and oxygen atoms in total. The molecule has 56 valence electrons. The number of hydrogen-bond acceptors (Lipinski definition) is 1. The zero-order chi connectivity index (χ0) is 6.53. The van der Waals surface area contributed by atoms with Gasteiger partial charge >= 0.3 is 0 Å². The quantitative estimate of drug-likeness (QED) is 0.535. The van der Waals surface area contributed by atoms with Crippen molar-refractivity contribution in [1.29, 1.82) is 0 Å². The highest BCUT2D eigenvalue weighted by atomic mass is 14.9. The lowest BCUT2D eigenvalue weighted by molar-refractivity contribution is 0.499. The van der Waals surface area contributed by atoms with E-state index in [1.807, 2.05) is 0 Å². The SMILES string of the molecule is CNC1CCCCCC1.[HH]. The first-order valence-corrected chi connectivity index (χ1v) is 4.11. The van der Waals surface area contributed by atoms with E-state index in [0.29, 0.717) is 0 Å². The smallest absolute Gasteiger partial charge is 0.00640 e. The van der Waals surface area contributed by atoms with Gasteiger partial charge < -0.3 is 5.32 Å². The first kappa shape index (κ1) is 7.07. The van der Waals surface area contributed by atoms with Crippen LogP contribution >= 0.6 is 0 Å². The fourth-order valence-corrected chi connectivity index (χ4v) is 1.57. The number of hydrogen-bond donors (Lipinski definition) is 1. The Balaban J connectivity index is 0.000000810. The minimum atomic E-state index is 0. The fraction of sp³-hybridized carbons (Fsp3) is 1.00. The molecule has 0 amide bonds. The largest absolute Gasteiger partial charge is 0.317 e. The van der Waals surface area contributed by atoms with Crippen molar-refractivity contribution in [3.05, 3.63) is 0 Å². The normalized spacial score (nSPS) is 23.7. The van der Waals surface area contributed by atoms with Crippen molar-refractivity contribution in [1.82, 2.24) is 5.32 Å². The second-order valence-electron chi connectivity index (χ2n) is 2.98. The molecule has 0 heterocycles. The molecule has 0 aromatic rings. The standard InChI is InChI=1S/C8H17N.H2/c1-9-8-6-4-2-3-5-7-8;/h8-9H,2-7H2,1H3;1H. The van der Waals surface area contributed by atoms with E-state index in [-0.39, 0.29) is 1.43 Å². The molecule has 1 aliphatic rings. The van der Waals surface area contributed by atoms with E-state index in [1.165, 1.54) is 38.5 Å². The predicted octanol–water partition coefficient (Wildman–Crippen LogP) is 2.17. The third-order valence-corrected chi connectivity index (χ3v) is 2.26. The van der Waals surface area contributed by atoms with Crippen molar-refractivity contribution < 1.29 is 1.43 Å². The second kappa shape index (κ2) is 3.89. The molecular weight excluding hydrogens is 110 g/mol. The van der Waals surface area contributed by atoms with Gasteiger partial charge in [-0.05, 0) is 19.9 Å². The Morgan fingerprint density at radius 2 is 1.67 bits per heavy atom. The van der Waals surface area contributed by atoms with Crippen LogP contribution < -0.4 is 5.32 Å². The van der Waals surface area contributed by atoms with E-state index >= 15 is 0 Å². The Bertz CT molecular complexity index is 67.7. The average Bonchev–Trinajstić information content (AvgIpc) is 2.13.